The Hall–Kier alpha value is -1.33. The van der Waals surface area contributed by atoms with Crippen LogP contribution in [0, 0.1) is 6.92 Å². The van der Waals surface area contributed by atoms with Gasteiger partial charge in [0.15, 0.2) is 0 Å². The van der Waals surface area contributed by atoms with Gasteiger partial charge >= 0.3 is 0 Å². The Balaban J connectivity index is 2.01. The Labute approximate surface area is 107 Å². The molecular formula is C13H20N2O3. The van der Waals surface area contributed by atoms with E-state index in [1.807, 2.05) is 6.92 Å². The minimum absolute atomic E-state index is 0.0186. The number of amides is 1. The number of furan rings is 1. The van der Waals surface area contributed by atoms with Gasteiger partial charge in [0.1, 0.15) is 12.0 Å². The topological polar surface area (TPSA) is 65.7 Å². The number of nitrogens with one attached hydrogen (secondary N) is 1. The SMILES string of the molecule is Cc1cc(C(=O)N(CCO)CC2CCCN2)co1. The highest BCUT2D eigenvalue weighted by atomic mass is 16.3. The van der Waals surface area contributed by atoms with Gasteiger partial charge in [-0.15, -0.1) is 0 Å². The molecule has 0 radical (unpaired) electrons. The Morgan fingerprint density at radius 2 is 2.50 bits per heavy atom. The van der Waals surface area contributed by atoms with E-state index in [4.69, 9.17) is 9.52 Å². The van der Waals surface area contributed by atoms with Gasteiger partial charge in [0.2, 0.25) is 0 Å². The number of hydrogen-bond donors (Lipinski definition) is 2. The Kier molecular flexibility index (Phi) is 4.38. The van der Waals surface area contributed by atoms with Crippen LogP contribution >= 0.6 is 0 Å². The molecule has 1 aromatic heterocycles. The number of hydrogen-bond acceptors (Lipinski definition) is 4. The highest BCUT2D eigenvalue weighted by molar-refractivity contribution is 5.94. The first-order valence-electron chi connectivity index (χ1n) is 6.39. The van der Waals surface area contributed by atoms with E-state index in [1.165, 1.54) is 6.26 Å². The molecule has 0 saturated carbocycles. The lowest BCUT2D eigenvalue weighted by Gasteiger charge is -2.24. The second-order valence-electron chi connectivity index (χ2n) is 4.71. The Bertz CT molecular complexity index is 397. The van der Waals surface area contributed by atoms with E-state index in [2.05, 4.69) is 5.32 Å². The summed E-state index contributed by atoms with van der Waals surface area (Å²) in [5.41, 5.74) is 0.555. The van der Waals surface area contributed by atoms with Crippen molar-refractivity contribution >= 4 is 5.91 Å². The van der Waals surface area contributed by atoms with Crippen LogP contribution in [0.15, 0.2) is 16.7 Å². The molecule has 1 saturated heterocycles. The van der Waals surface area contributed by atoms with Gasteiger partial charge in [-0.25, -0.2) is 0 Å². The molecule has 100 valence electrons. The van der Waals surface area contributed by atoms with Gasteiger partial charge in [-0.3, -0.25) is 4.79 Å². The molecule has 2 rings (SSSR count). The molecular weight excluding hydrogens is 232 g/mol. The lowest BCUT2D eigenvalue weighted by molar-refractivity contribution is 0.0706. The minimum Gasteiger partial charge on any atom is -0.469 e. The van der Waals surface area contributed by atoms with Crippen molar-refractivity contribution in [3.63, 3.8) is 0 Å². The molecule has 5 nitrogen and oxygen atoms in total. The summed E-state index contributed by atoms with van der Waals surface area (Å²) in [5, 5.41) is 12.4. The number of aliphatic hydroxyl groups excluding tert-OH is 1. The molecule has 1 atom stereocenters. The summed E-state index contributed by atoms with van der Waals surface area (Å²) in [7, 11) is 0. The summed E-state index contributed by atoms with van der Waals surface area (Å²) in [6.45, 7) is 3.81. The average molecular weight is 252 g/mol. The maximum absolute atomic E-state index is 12.3. The molecule has 1 unspecified atom stereocenters. The third kappa shape index (κ3) is 3.11. The van der Waals surface area contributed by atoms with E-state index in [1.54, 1.807) is 11.0 Å². The van der Waals surface area contributed by atoms with Crippen LogP contribution in [0.5, 0.6) is 0 Å². The molecule has 1 aliphatic rings. The largest absolute Gasteiger partial charge is 0.469 e. The van der Waals surface area contributed by atoms with Crippen molar-refractivity contribution in [2.45, 2.75) is 25.8 Å². The smallest absolute Gasteiger partial charge is 0.257 e. The minimum atomic E-state index is -0.0744. The first kappa shape index (κ1) is 13.1. The predicted octanol–water partition coefficient (Wildman–Crippen LogP) is 0.775. The van der Waals surface area contributed by atoms with Crippen LogP contribution in [-0.4, -0.2) is 48.2 Å². The standard InChI is InChI=1S/C13H20N2O3/c1-10-7-11(9-18-10)13(17)15(5-6-16)8-12-3-2-4-14-12/h7,9,12,14,16H,2-6,8H2,1H3. The quantitative estimate of drug-likeness (QED) is 0.812. The fraction of sp³-hybridized carbons (Fsp3) is 0.615. The Morgan fingerprint density at radius 1 is 1.67 bits per heavy atom. The van der Waals surface area contributed by atoms with E-state index in [0.717, 1.165) is 25.1 Å². The zero-order valence-electron chi connectivity index (χ0n) is 10.7. The first-order valence-corrected chi connectivity index (χ1v) is 6.39. The summed E-state index contributed by atoms with van der Waals surface area (Å²) in [6, 6.07) is 2.07. The van der Waals surface area contributed by atoms with Gasteiger partial charge in [0.05, 0.1) is 12.2 Å². The monoisotopic (exact) mass is 252 g/mol. The van der Waals surface area contributed by atoms with Gasteiger partial charge in [-0.05, 0) is 32.4 Å². The number of nitrogens with zero attached hydrogens (tertiary/aromatic N) is 1. The molecule has 1 fully saturated rings. The van der Waals surface area contributed by atoms with Gasteiger partial charge < -0.3 is 19.7 Å². The number of carbonyl (C=O) groups excluding carboxylic acids is 1. The summed E-state index contributed by atoms with van der Waals surface area (Å²) < 4.78 is 5.16. The summed E-state index contributed by atoms with van der Waals surface area (Å²) in [5.74, 6) is 0.649. The van der Waals surface area contributed by atoms with E-state index in [9.17, 15) is 4.79 Å². The second-order valence-corrected chi connectivity index (χ2v) is 4.71. The van der Waals surface area contributed by atoms with Crippen LogP contribution in [0.4, 0.5) is 0 Å². The van der Waals surface area contributed by atoms with Crippen LogP contribution in [0.1, 0.15) is 29.0 Å². The molecule has 2 N–H and O–H groups in total. The van der Waals surface area contributed by atoms with Gasteiger partial charge in [0.25, 0.3) is 5.91 Å². The highest BCUT2D eigenvalue weighted by Crippen LogP contribution is 2.12. The number of carbonyl (C=O) groups is 1. The van der Waals surface area contributed by atoms with Gasteiger partial charge in [0, 0.05) is 19.1 Å². The molecule has 1 aromatic rings. The molecule has 1 aliphatic heterocycles. The average Bonchev–Trinajstić information content (AvgIpc) is 2.99. The molecule has 0 spiro atoms. The van der Waals surface area contributed by atoms with Crippen molar-refractivity contribution in [1.29, 1.82) is 0 Å². The molecule has 2 heterocycles. The van der Waals surface area contributed by atoms with Crippen molar-refractivity contribution < 1.29 is 14.3 Å². The fourth-order valence-corrected chi connectivity index (χ4v) is 2.31. The van der Waals surface area contributed by atoms with Crippen molar-refractivity contribution in [1.82, 2.24) is 10.2 Å². The fourth-order valence-electron chi connectivity index (χ4n) is 2.31. The zero-order chi connectivity index (χ0) is 13.0. The van der Waals surface area contributed by atoms with Crippen molar-refractivity contribution in [2.24, 2.45) is 0 Å². The van der Waals surface area contributed by atoms with Crippen molar-refractivity contribution in [3.05, 3.63) is 23.7 Å². The maximum atomic E-state index is 12.3. The van der Waals surface area contributed by atoms with Crippen LogP contribution in [-0.2, 0) is 0 Å². The summed E-state index contributed by atoms with van der Waals surface area (Å²) in [6.07, 6.45) is 3.71. The van der Waals surface area contributed by atoms with E-state index < -0.39 is 0 Å². The zero-order valence-corrected chi connectivity index (χ0v) is 10.7. The molecule has 0 bridgehead atoms. The Morgan fingerprint density at radius 3 is 3.06 bits per heavy atom. The summed E-state index contributed by atoms with van der Waals surface area (Å²) >= 11 is 0. The number of rotatable bonds is 5. The molecule has 18 heavy (non-hydrogen) atoms. The summed E-state index contributed by atoms with van der Waals surface area (Å²) in [4.78, 5) is 14.0. The number of aryl methyl sites for hydroxylation is 1. The molecule has 0 aromatic carbocycles. The van der Waals surface area contributed by atoms with Crippen molar-refractivity contribution in [3.8, 4) is 0 Å². The lowest BCUT2D eigenvalue weighted by atomic mass is 10.2. The van der Waals surface area contributed by atoms with Crippen LogP contribution in [0.3, 0.4) is 0 Å². The molecule has 0 aliphatic carbocycles. The van der Waals surface area contributed by atoms with Gasteiger partial charge in [-0.1, -0.05) is 0 Å². The third-order valence-corrected chi connectivity index (χ3v) is 3.24. The van der Waals surface area contributed by atoms with Crippen molar-refractivity contribution in [2.75, 3.05) is 26.2 Å². The number of aliphatic hydroxyl groups is 1. The maximum Gasteiger partial charge on any atom is 0.257 e. The highest BCUT2D eigenvalue weighted by Gasteiger charge is 2.22. The third-order valence-electron chi connectivity index (χ3n) is 3.24. The molecule has 1 amide bonds. The van der Waals surface area contributed by atoms with Gasteiger partial charge in [-0.2, -0.15) is 0 Å². The predicted molar refractivity (Wildman–Crippen MR) is 67.5 cm³/mol. The second kappa shape index (κ2) is 6.02. The van der Waals surface area contributed by atoms with E-state index in [0.29, 0.717) is 24.7 Å². The van der Waals surface area contributed by atoms with Crippen LogP contribution in [0.25, 0.3) is 0 Å². The van der Waals surface area contributed by atoms with Crippen LogP contribution in [0.2, 0.25) is 0 Å². The van der Waals surface area contributed by atoms with Crippen LogP contribution < -0.4 is 5.32 Å². The van der Waals surface area contributed by atoms with E-state index in [-0.39, 0.29) is 12.5 Å². The lowest BCUT2D eigenvalue weighted by Crippen LogP contribution is -2.42. The molecule has 5 heteroatoms. The van der Waals surface area contributed by atoms with E-state index >= 15 is 0 Å². The first-order chi connectivity index (χ1) is 8.70. The normalized spacial score (nSPS) is 19.1.